The summed E-state index contributed by atoms with van der Waals surface area (Å²) in [7, 11) is 0. The molecule has 6 heteroatoms. The van der Waals surface area contributed by atoms with Crippen LogP contribution in [0.1, 0.15) is 18.1 Å². The number of carboxylic acid groups (broad SMARTS) is 1. The maximum Gasteiger partial charge on any atom is 0.332 e. The molecule has 3 rings (SSSR count). The van der Waals surface area contributed by atoms with Gasteiger partial charge in [-0.1, -0.05) is 60.7 Å². The molecular formula is C19H20N2O3S. The fourth-order valence-electron chi connectivity index (χ4n) is 3.06. The number of thiol groups is 1. The summed E-state index contributed by atoms with van der Waals surface area (Å²) in [5.74, 6) is -1.06. The van der Waals surface area contributed by atoms with Crippen LogP contribution in [0, 0.1) is 0 Å². The predicted octanol–water partition coefficient (Wildman–Crippen LogP) is 3.22. The second kappa shape index (κ2) is 6.80. The molecule has 0 spiro atoms. The van der Waals surface area contributed by atoms with Crippen LogP contribution in [0.5, 0.6) is 0 Å². The number of carbonyl (C=O) groups excluding carboxylic acids is 1. The highest BCUT2D eigenvalue weighted by atomic mass is 32.1. The number of amides is 2. The number of carbonyl (C=O) groups is 2. The lowest BCUT2D eigenvalue weighted by Gasteiger charge is -2.32. The van der Waals surface area contributed by atoms with Crippen molar-refractivity contribution in [3.63, 3.8) is 0 Å². The Labute approximate surface area is 152 Å². The van der Waals surface area contributed by atoms with Crippen molar-refractivity contribution in [2.24, 2.45) is 0 Å². The quantitative estimate of drug-likeness (QED) is 0.809. The Morgan fingerprint density at radius 3 is 2.00 bits per heavy atom. The molecule has 0 bridgehead atoms. The largest absolute Gasteiger partial charge is 0.479 e. The molecule has 1 N–H and O–H groups in total. The van der Waals surface area contributed by atoms with Crippen LogP contribution in [0.15, 0.2) is 60.7 Å². The molecule has 0 aliphatic carbocycles. The predicted molar refractivity (Wildman–Crippen MR) is 98.2 cm³/mol. The summed E-state index contributed by atoms with van der Waals surface area (Å²) in [6.07, 6.45) is 0. The summed E-state index contributed by atoms with van der Waals surface area (Å²) < 4.78 is 0. The first-order chi connectivity index (χ1) is 11.9. The average Bonchev–Trinajstić information content (AvgIpc) is 2.80. The van der Waals surface area contributed by atoms with Gasteiger partial charge >= 0.3 is 12.0 Å². The number of rotatable bonds is 5. The van der Waals surface area contributed by atoms with Gasteiger partial charge in [0.2, 0.25) is 0 Å². The summed E-state index contributed by atoms with van der Waals surface area (Å²) in [6.45, 7) is 2.10. The van der Waals surface area contributed by atoms with Gasteiger partial charge in [-0.2, -0.15) is 12.6 Å². The van der Waals surface area contributed by atoms with Crippen LogP contribution >= 0.6 is 12.6 Å². The van der Waals surface area contributed by atoms with Gasteiger partial charge in [-0.05, 0) is 18.1 Å². The Bertz CT molecular complexity index is 769. The van der Waals surface area contributed by atoms with Gasteiger partial charge in [0, 0.05) is 13.1 Å². The van der Waals surface area contributed by atoms with Gasteiger partial charge in [0.05, 0.1) is 0 Å². The first-order valence-electron chi connectivity index (χ1n) is 8.02. The third-order valence-corrected chi connectivity index (χ3v) is 5.43. The lowest BCUT2D eigenvalue weighted by Crippen LogP contribution is -2.53. The second-order valence-corrected chi connectivity index (χ2v) is 6.78. The minimum atomic E-state index is -1.41. The van der Waals surface area contributed by atoms with E-state index in [4.69, 9.17) is 0 Å². The number of hydrogen-bond donors (Lipinski definition) is 2. The normalized spacial score (nSPS) is 23.1. The summed E-state index contributed by atoms with van der Waals surface area (Å²) in [5, 5.41) is 9.07. The van der Waals surface area contributed by atoms with Crippen molar-refractivity contribution in [3.8, 4) is 0 Å². The van der Waals surface area contributed by atoms with E-state index in [9.17, 15) is 14.7 Å². The molecule has 2 amide bonds. The van der Waals surface area contributed by atoms with Crippen LogP contribution in [0.4, 0.5) is 4.79 Å². The topological polar surface area (TPSA) is 60.9 Å². The van der Waals surface area contributed by atoms with E-state index in [-0.39, 0.29) is 12.6 Å². The number of nitrogens with zero attached hydrogens (tertiary/aromatic N) is 2. The van der Waals surface area contributed by atoms with Gasteiger partial charge < -0.3 is 14.9 Å². The Morgan fingerprint density at radius 2 is 1.52 bits per heavy atom. The molecule has 25 heavy (non-hydrogen) atoms. The molecule has 1 aliphatic rings. The SMILES string of the molecule is C[C@@]1(C(=O)O)[C@@H](S)N(Cc2ccccc2)C(=O)N1Cc1ccccc1. The van der Waals surface area contributed by atoms with Crippen molar-refractivity contribution in [1.29, 1.82) is 0 Å². The van der Waals surface area contributed by atoms with Crippen LogP contribution in [0.2, 0.25) is 0 Å². The molecule has 130 valence electrons. The molecule has 1 heterocycles. The molecule has 1 saturated heterocycles. The van der Waals surface area contributed by atoms with Crippen LogP contribution in [-0.2, 0) is 17.9 Å². The van der Waals surface area contributed by atoms with Gasteiger partial charge in [0.15, 0.2) is 5.54 Å². The average molecular weight is 356 g/mol. The van der Waals surface area contributed by atoms with E-state index in [1.807, 2.05) is 60.7 Å². The van der Waals surface area contributed by atoms with E-state index < -0.39 is 16.9 Å². The van der Waals surface area contributed by atoms with Gasteiger partial charge in [0.25, 0.3) is 0 Å². The summed E-state index contributed by atoms with van der Waals surface area (Å²) in [6, 6.07) is 18.6. The van der Waals surface area contributed by atoms with E-state index >= 15 is 0 Å². The molecule has 0 radical (unpaired) electrons. The number of benzene rings is 2. The van der Waals surface area contributed by atoms with Crippen molar-refractivity contribution in [2.75, 3.05) is 0 Å². The molecule has 1 fully saturated rings. The van der Waals surface area contributed by atoms with Crippen LogP contribution in [0.25, 0.3) is 0 Å². The monoisotopic (exact) mass is 356 g/mol. The van der Waals surface area contributed by atoms with Crippen molar-refractivity contribution >= 4 is 24.6 Å². The van der Waals surface area contributed by atoms with Crippen molar-refractivity contribution in [2.45, 2.75) is 30.9 Å². The van der Waals surface area contributed by atoms with Crippen molar-refractivity contribution in [1.82, 2.24) is 9.80 Å². The minimum Gasteiger partial charge on any atom is -0.479 e. The Kier molecular flexibility index (Phi) is 4.72. The molecule has 5 nitrogen and oxygen atoms in total. The summed E-state index contributed by atoms with van der Waals surface area (Å²) >= 11 is 4.51. The molecular weight excluding hydrogens is 336 g/mol. The molecule has 0 unspecified atom stereocenters. The van der Waals surface area contributed by atoms with Crippen molar-refractivity contribution < 1.29 is 14.7 Å². The number of urea groups is 1. The zero-order chi connectivity index (χ0) is 18.0. The Morgan fingerprint density at radius 1 is 1.04 bits per heavy atom. The maximum atomic E-state index is 13.0. The van der Waals surface area contributed by atoms with Crippen LogP contribution in [-0.4, -0.2) is 37.8 Å². The zero-order valence-corrected chi connectivity index (χ0v) is 14.8. The third kappa shape index (κ3) is 3.09. The smallest absolute Gasteiger partial charge is 0.332 e. The number of hydrogen-bond acceptors (Lipinski definition) is 3. The van der Waals surface area contributed by atoms with E-state index in [1.54, 1.807) is 6.92 Å². The lowest BCUT2D eigenvalue weighted by molar-refractivity contribution is -0.147. The first-order valence-corrected chi connectivity index (χ1v) is 8.54. The second-order valence-electron chi connectivity index (χ2n) is 6.29. The highest BCUT2D eigenvalue weighted by Crippen LogP contribution is 2.37. The zero-order valence-electron chi connectivity index (χ0n) is 13.9. The van der Waals surface area contributed by atoms with Gasteiger partial charge in [-0.15, -0.1) is 0 Å². The van der Waals surface area contributed by atoms with Crippen LogP contribution in [0.3, 0.4) is 0 Å². The first kappa shape index (κ1) is 17.4. The van der Waals surface area contributed by atoms with Gasteiger partial charge in [-0.3, -0.25) is 0 Å². The third-order valence-electron chi connectivity index (χ3n) is 4.65. The number of aliphatic carboxylic acids is 1. The van der Waals surface area contributed by atoms with Crippen LogP contribution < -0.4 is 0 Å². The molecule has 0 aromatic heterocycles. The highest BCUT2D eigenvalue weighted by molar-refractivity contribution is 7.81. The van der Waals surface area contributed by atoms with E-state index in [0.29, 0.717) is 6.54 Å². The summed E-state index contributed by atoms with van der Waals surface area (Å²) in [5.41, 5.74) is 0.403. The van der Waals surface area contributed by atoms with Gasteiger partial charge in [0.1, 0.15) is 5.37 Å². The molecule has 2 aromatic rings. The summed E-state index contributed by atoms with van der Waals surface area (Å²) in [4.78, 5) is 27.9. The van der Waals surface area contributed by atoms with Crippen molar-refractivity contribution in [3.05, 3.63) is 71.8 Å². The lowest BCUT2D eigenvalue weighted by atomic mass is 10.0. The van der Waals surface area contributed by atoms with E-state index in [0.717, 1.165) is 11.1 Å². The fourth-order valence-corrected chi connectivity index (χ4v) is 3.49. The standard InChI is InChI=1S/C19H20N2O3S/c1-19(17(22)23)16(25)20(12-14-8-4-2-5-9-14)18(24)21(19)13-15-10-6-3-7-11-15/h2-11,16,25H,12-13H2,1H3,(H,22,23)/t16-,19+/m1/s1. The Balaban J connectivity index is 1.92. The molecule has 0 saturated carbocycles. The highest BCUT2D eigenvalue weighted by Gasteiger charge is 2.57. The minimum absolute atomic E-state index is 0.227. The maximum absolute atomic E-state index is 13.0. The fraction of sp³-hybridized carbons (Fsp3) is 0.263. The number of carboxylic acids is 1. The van der Waals surface area contributed by atoms with E-state index in [1.165, 1.54) is 9.80 Å². The van der Waals surface area contributed by atoms with Gasteiger partial charge in [-0.25, -0.2) is 9.59 Å². The van der Waals surface area contributed by atoms with E-state index in [2.05, 4.69) is 12.6 Å². The molecule has 2 atom stereocenters. The molecule has 2 aromatic carbocycles. The Hall–Kier alpha value is -2.47. The molecule has 1 aliphatic heterocycles.